The third-order valence-electron chi connectivity index (χ3n) is 13.1. The van der Waals surface area contributed by atoms with Gasteiger partial charge in [0.15, 0.2) is 6.29 Å². The molecule has 2 aromatic rings. The summed E-state index contributed by atoms with van der Waals surface area (Å²) in [6.45, 7) is 7.54. The summed E-state index contributed by atoms with van der Waals surface area (Å²) in [4.78, 5) is 61.2. The van der Waals surface area contributed by atoms with Crippen LogP contribution < -0.4 is 20.1 Å². The van der Waals surface area contributed by atoms with Crippen LogP contribution in [0.15, 0.2) is 18.2 Å². The highest BCUT2D eigenvalue weighted by atomic mass is 35.5. The number of rotatable bonds is 15. The predicted octanol–water partition coefficient (Wildman–Crippen LogP) is 6.59. The number of alkyl carbamates (subject to hydrolysis) is 1. The van der Waals surface area contributed by atoms with Crippen LogP contribution >= 0.6 is 11.6 Å². The van der Waals surface area contributed by atoms with Gasteiger partial charge in [0, 0.05) is 43.7 Å². The molecule has 1 aromatic heterocycles. The molecule has 15 heteroatoms. The Bertz CT molecular complexity index is 1870. The van der Waals surface area contributed by atoms with E-state index in [2.05, 4.69) is 10.6 Å². The Morgan fingerprint density at radius 3 is 2.33 bits per heavy atom. The minimum absolute atomic E-state index is 0.0103. The lowest BCUT2D eigenvalue weighted by atomic mass is 9.85. The van der Waals surface area contributed by atoms with E-state index in [0.29, 0.717) is 52.1 Å². The number of carboxylic acids is 1. The summed E-state index contributed by atoms with van der Waals surface area (Å²) in [6.07, 6.45) is 6.96. The van der Waals surface area contributed by atoms with Gasteiger partial charge in [-0.05, 0) is 73.8 Å². The van der Waals surface area contributed by atoms with E-state index in [4.69, 9.17) is 40.3 Å². The van der Waals surface area contributed by atoms with Crippen molar-refractivity contribution in [3.63, 3.8) is 0 Å². The Morgan fingerprint density at radius 1 is 1.00 bits per heavy atom. The number of aromatic nitrogens is 1. The van der Waals surface area contributed by atoms with Crippen molar-refractivity contribution in [2.24, 2.45) is 23.2 Å². The molecule has 58 heavy (non-hydrogen) atoms. The molecule has 1 aromatic carbocycles. The largest absolute Gasteiger partial charge is 0.488 e. The molecule has 0 spiro atoms. The number of benzene rings is 1. The van der Waals surface area contributed by atoms with Gasteiger partial charge in [0.05, 0.1) is 12.1 Å². The second-order valence-electron chi connectivity index (χ2n) is 18.1. The molecule has 1 aliphatic heterocycles. The molecule has 2 heterocycles. The van der Waals surface area contributed by atoms with Gasteiger partial charge < -0.3 is 44.3 Å². The topological polar surface area (TPSA) is 175 Å². The maximum atomic E-state index is 14.7. The number of halogens is 1. The zero-order valence-corrected chi connectivity index (χ0v) is 35.3. The maximum absolute atomic E-state index is 14.7. The Kier molecular flexibility index (Phi) is 12.4. The molecule has 5 aliphatic rings. The standard InChI is InChI=1S/C43H59ClN4O10/c1-7-26-20-43(26,40(51)52)47-38(49)31-18-28(21-48(31)39(50)37(42(2,3)4)46-41(53)58-27-16-24-15-25(24)17-27)57-33-19-30(23-11-9-8-10-12-23)45-36-29(33)13-14-32(35(36)44)56-22-34(54-5)55-6/h13-14,19,23-28,31,34,37H,7-12,15-18,20-22H2,1-6H3,(H,46,53)(H,47,49)(H,51,52)/t24-,25+,26-,27+,28-,31+,37-,43-/m1/s1. The summed E-state index contributed by atoms with van der Waals surface area (Å²) < 4.78 is 29.2. The quantitative estimate of drug-likeness (QED) is 0.165. The summed E-state index contributed by atoms with van der Waals surface area (Å²) in [5.41, 5.74) is -0.821. The van der Waals surface area contributed by atoms with E-state index < -0.39 is 59.3 Å². The molecule has 4 saturated carbocycles. The first kappa shape index (κ1) is 42.3. The monoisotopic (exact) mass is 826 g/mol. The van der Waals surface area contributed by atoms with Crippen molar-refractivity contribution in [1.29, 1.82) is 0 Å². The van der Waals surface area contributed by atoms with E-state index in [9.17, 15) is 24.3 Å². The number of nitrogens with one attached hydrogen (secondary N) is 2. The highest BCUT2D eigenvalue weighted by Gasteiger charge is 2.61. The van der Waals surface area contributed by atoms with Crippen LogP contribution in [0, 0.1) is 23.2 Å². The van der Waals surface area contributed by atoms with Crippen molar-refractivity contribution in [2.45, 2.75) is 140 Å². The van der Waals surface area contributed by atoms with Gasteiger partial charge in [-0.1, -0.05) is 65.0 Å². The van der Waals surface area contributed by atoms with Crippen molar-refractivity contribution in [3.05, 3.63) is 28.9 Å². The maximum Gasteiger partial charge on any atom is 0.408 e. The molecule has 1 saturated heterocycles. The van der Waals surface area contributed by atoms with Gasteiger partial charge >= 0.3 is 12.1 Å². The van der Waals surface area contributed by atoms with E-state index in [1.165, 1.54) is 25.5 Å². The van der Waals surface area contributed by atoms with Crippen molar-refractivity contribution in [3.8, 4) is 11.5 Å². The normalized spacial score (nSPS) is 28.5. The van der Waals surface area contributed by atoms with Crippen LogP contribution in [0.4, 0.5) is 4.79 Å². The predicted molar refractivity (Wildman–Crippen MR) is 215 cm³/mol. The van der Waals surface area contributed by atoms with Crippen LogP contribution in [-0.4, -0.2) is 102 Å². The molecule has 318 valence electrons. The second-order valence-corrected chi connectivity index (χ2v) is 18.5. The van der Waals surface area contributed by atoms with E-state index in [0.717, 1.165) is 50.6 Å². The molecule has 0 bridgehead atoms. The van der Waals surface area contributed by atoms with Gasteiger partial charge in [-0.2, -0.15) is 0 Å². The zero-order valence-electron chi connectivity index (χ0n) is 34.5. The van der Waals surface area contributed by atoms with E-state index in [1.807, 2.05) is 39.8 Å². The Hall–Kier alpha value is -3.88. The minimum Gasteiger partial charge on any atom is -0.488 e. The van der Waals surface area contributed by atoms with E-state index in [1.54, 1.807) is 6.07 Å². The lowest BCUT2D eigenvalue weighted by molar-refractivity contribution is -0.146. The van der Waals surface area contributed by atoms with Gasteiger partial charge in [-0.25, -0.2) is 9.59 Å². The van der Waals surface area contributed by atoms with Gasteiger partial charge in [0.25, 0.3) is 0 Å². The number of pyridine rings is 1. The number of likely N-dealkylation sites (tertiary alicyclic amines) is 1. The average molecular weight is 827 g/mol. The van der Waals surface area contributed by atoms with E-state index >= 15 is 0 Å². The highest BCUT2D eigenvalue weighted by molar-refractivity contribution is 6.36. The lowest BCUT2D eigenvalue weighted by Gasteiger charge is -2.35. The second kappa shape index (κ2) is 17.0. The Morgan fingerprint density at radius 2 is 1.71 bits per heavy atom. The fraction of sp³-hybridized carbons (Fsp3) is 0.698. The number of fused-ring (bicyclic) bond motifs is 2. The number of methoxy groups -OCH3 is 2. The van der Waals surface area contributed by atoms with Crippen LogP contribution in [0.5, 0.6) is 11.5 Å². The molecule has 0 unspecified atom stereocenters. The number of nitrogens with zero attached hydrogens (tertiary/aromatic N) is 2. The summed E-state index contributed by atoms with van der Waals surface area (Å²) >= 11 is 7.02. The molecule has 0 radical (unpaired) electrons. The van der Waals surface area contributed by atoms with Crippen LogP contribution in [0.2, 0.25) is 5.02 Å². The molecular weight excluding hydrogens is 768 g/mol. The van der Waals surface area contributed by atoms with Gasteiger partial charge in [-0.15, -0.1) is 0 Å². The summed E-state index contributed by atoms with van der Waals surface area (Å²) in [6, 6.07) is 3.39. The number of carbonyl (C=O) groups excluding carboxylic acids is 3. The Balaban J connectivity index is 1.18. The average Bonchev–Trinajstić information content (AvgIpc) is 4.01. The highest BCUT2D eigenvalue weighted by Crippen LogP contribution is 2.52. The first-order valence-corrected chi connectivity index (χ1v) is 21.3. The van der Waals surface area contributed by atoms with Gasteiger partial charge in [0.1, 0.15) is 53.0 Å². The van der Waals surface area contributed by atoms with Crippen molar-refractivity contribution >= 4 is 46.4 Å². The van der Waals surface area contributed by atoms with Crippen LogP contribution in [0.3, 0.4) is 0 Å². The van der Waals surface area contributed by atoms with Crippen molar-refractivity contribution in [2.75, 3.05) is 27.4 Å². The SMILES string of the molecule is CC[C@@H]1C[C@]1(NC(=O)[C@@H]1C[C@@H](Oc2cc(C3CCCCC3)nc3c(Cl)c(OCC(OC)OC)ccc23)CN1C(=O)[C@@H](NC(=O)O[C@@H]1C[C@@H]2C[C@@H]2C1)C(C)(C)C)C(=O)O. The molecule has 5 fully saturated rings. The number of hydrogen-bond donors (Lipinski definition) is 3. The number of carboxylic acid groups (broad SMARTS) is 1. The smallest absolute Gasteiger partial charge is 0.408 e. The number of amides is 3. The van der Waals surface area contributed by atoms with Gasteiger partial charge in [-0.3, -0.25) is 14.6 Å². The third-order valence-corrected chi connectivity index (χ3v) is 13.5. The first-order chi connectivity index (χ1) is 27.6. The number of hydrogen-bond acceptors (Lipinski definition) is 10. The summed E-state index contributed by atoms with van der Waals surface area (Å²) in [5.74, 6) is -0.0492. The fourth-order valence-electron chi connectivity index (χ4n) is 9.46. The van der Waals surface area contributed by atoms with Crippen molar-refractivity contribution < 1.29 is 48.0 Å². The fourth-order valence-corrected chi connectivity index (χ4v) is 9.72. The van der Waals surface area contributed by atoms with E-state index in [-0.39, 0.29) is 37.5 Å². The molecule has 14 nitrogen and oxygen atoms in total. The molecule has 3 amide bonds. The summed E-state index contributed by atoms with van der Waals surface area (Å²) in [7, 11) is 3.05. The lowest BCUT2D eigenvalue weighted by Crippen LogP contribution is -2.59. The van der Waals surface area contributed by atoms with Crippen LogP contribution in [0.25, 0.3) is 10.9 Å². The number of carbonyl (C=O) groups is 4. The number of ether oxygens (including phenoxy) is 5. The Labute approximate surface area is 345 Å². The van der Waals surface area contributed by atoms with Crippen molar-refractivity contribution in [1.82, 2.24) is 20.5 Å². The van der Waals surface area contributed by atoms with Gasteiger partial charge in [0.2, 0.25) is 11.8 Å². The molecular formula is C43H59ClN4O10. The molecule has 3 N–H and O–H groups in total. The molecule has 8 atom stereocenters. The molecule has 7 rings (SSSR count). The van der Waals surface area contributed by atoms with Crippen LogP contribution in [0.1, 0.15) is 110 Å². The first-order valence-electron chi connectivity index (χ1n) is 21.0. The third kappa shape index (κ3) is 8.84. The van der Waals surface area contributed by atoms with Crippen LogP contribution in [-0.2, 0) is 28.6 Å². The number of aliphatic carboxylic acids is 1. The summed E-state index contributed by atoms with van der Waals surface area (Å²) in [5, 5.41) is 16.8. The molecule has 4 aliphatic carbocycles. The minimum atomic E-state index is -1.40. The zero-order chi connectivity index (χ0) is 41.5.